The standard InChI is InChI=1S/C20H13ClN2O2/c1-11-8-15-17(20(21)23-11)22-10-16(19(15)25)18(24)14-7-6-12-4-2-3-5-13(12)9-14/h2-10H,1H3,(H,22,25). The predicted molar refractivity (Wildman–Crippen MR) is 99.5 cm³/mol. The summed E-state index contributed by atoms with van der Waals surface area (Å²) in [6.07, 6.45) is 1.41. The number of rotatable bonds is 2. The van der Waals surface area contributed by atoms with E-state index in [0.717, 1.165) is 10.8 Å². The largest absolute Gasteiger partial charge is 0.358 e. The van der Waals surface area contributed by atoms with Crippen LogP contribution in [0.4, 0.5) is 0 Å². The molecule has 0 radical (unpaired) electrons. The fraction of sp³-hybridized carbons (Fsp3) is 0.0500. The summed E-state index contributed by atoms with van der Waals surface area (Å²) in [6, 6.07) is 14.8. The topological polar surface area (TPSA) is 62.8 Å². The lowest BCUT2D eigenvalue weighted by molar-refractivity contribution is 0.103. The molecule has 2 aromatic carbocycles. The monoisotopic (exact) mass is 348 g/mol. The van der Waals surface area contributed by atoms with Crippen LogP contribution in [0.1, 0.15) is 21.6 Å². The summed E-state index contributed by atoms with van der Waals surface area (Å²) in [5.41, 5.74) is 1.27. The number of nitrogens with zero attached hydrogens (tertiary/aromatic N) is 1. The first-order chi connectivity index (χ1) is 12.0. The number of ketones is 1. The van der Waals surface area contributed by atoms with Gasteiger partial charge in [-0.05, 0) is 29.8 Å². The fourth-order valence-corrected chi connectivity index (χ4v) is 3.25. The van der Waals surface area contributed by atoms with E-state index in [1.807, 2.05) is 30.3 Å². The smallest absolute Gasteiger partial charge is 0.200 e. The second kappa shape index (κ2) is 5.83. The van der Waals surface area contributed by atoms with Gasteiger partial charge in [-0.25, -0.2) is 4.98 Å². The Morgan fingerprint density at radius 2 is 1.84 bits per heavy atom. The van der Waals surface area contributed by atoms with Crippen molar-refractivity contribution in [3.63, 3.8) is 0 Å². The minimum atomic E-state index is -0.348. The van der Waals surface area contributed by atoms with Crippen LogP contribution < -0.4 is 5.43 Å². The number of carbonyl (C=O) groups is 1. The molecule has 0 bridgehead atoms. The van der Waals surface area contributed by atoms with Crippen molar-refractivity contribution in [3.8, 4) is 0 Å². The van der Waals surface area contributed by atoms with Gasteiger partial charge < -0.3 is 4.98 Å². The molecule has 0 spiro atoms. The summed E-state index contributed by atoms with van der Waals surface area (Å²) >= 11 is 6.08. The molecular weight excluding hydrogens is 336 g/mol. The van der Waals surface area contributed by atoms with Gasteiger partial charge in [0, 0.05) is 17.5 Å². The van der Waals surface area contributed by atoms with Crippen LogP contribution in [0.3, 0.4) is 0 Å². The van der Waals surface area contributed by atoms with Gasteiger partial charge in [-0.1, -0.05) is 48.0 Å². The van der Waals surface area contributed by atoms with Gasteiger partial charge in [-0.3, -0.25) is 9.59 Å². The van der Waals surface area contributed by atoms with Crippen LogP contribution in [-0.2, 0) is 0 Å². The highest BCUT2D eigenvalue weighted by atomic mass is 35.5. The minimum absolute atomic E-state index is 0.0875. The van der Waals surface area contributed by atoms with E-state index in [4.69, 9.17) is 11.6 Å². The zero-order valence-corrected chi connectivity index (χ0v) is 14.1. The van der Waals surface area contributed by atoms with Gasteiger partial charge in [-0.2, -0.15) is 0 Å². The summed E-state index contributed by atoms with van der Waals surface area (Å²) < 4.78 is 0. The number of benzene rings is 2. The lowest BCUT2D eigenvalue weighted by Gasteiger charge is -2.06. The Morgan fingerprint density at radius 3 is 2.64 bits per heavy atom. The van der Waals surface area contributed by atoms with Gasteiger partial charge in [-0.15, -0.1) is 0 Å². The van der Waals surface area contributed by atoms with Crippen LogP contribution in [-0.4, -0.2) is 15.8 Å². The third kappa shape index (κ3) is 2.61. The highest BCUT2D eigenvalue weighted by molar-refractivity contribution is 6.33. The number of halogens is 1. The van der Waals surface area contributed by atoms with Gasteiger partial charge >= 0.3 is 0 Å². The molecule has 0 saturated heterocycles. The maximum Gasteiger partial charge on any atom is 0.200 e. The Labute approximate surface area is 148 Å². The molecule has 0 atom stereocenters. The van der Waals surface area contributed by atoms with Gasteiger partial charge in [0.15, 0.2) is 10.9 Å². The van der Waals surface area contributed by atoms with Crippen LogP contribution in [0.2, 0.25) is 5.15 Å². The Morgan fingerprint density at radius 1 is 1.08 bits per heavy atom. The van der Waals surface area contributed by atoms with Gasteiger partial charge in [0.05, 0.1) is 16.5 Å². The molecule has 4 nitrogen and oxygen atoms in total. The molecule has 25 heavy (non-hydrogen) atoms. The van der Waals surface area contributed by atoms with Gasteiger partial charge in [0.1, 0.15) is 0 Å². The maximum atomic E-state index is 12.9. The number of hydrogen-bond acceptors (Lipinski definition) is 3. The fourth-order valence-electron chi connectivity index (χ4n) is 2.96. The second-order valence-corrected chi connectivity index (χ2v) is 6.26. The zero-order valence-electron chi connectivity index (χ0n) is 13.3. The van der Waals surface area contributed by atoms with E-state index in [1.54, 1.807) is 25.1 Å². The summed E-state index contributed by atoms with van der Waals surface area (Å²) in [6.45, 7) is 1.75. The van der Waals surface area contributed by atoms with Crippen molar-refractivity contribution in [1.29, 1.82) is 0 Å². The van der Waals surface area contributed by atoms with Crippen molar-refractivity contribution >= 4 is 39.1 Å². The maximum absolute atomic E-state index is 12.9. The Balaban J connectivity index is 1.89. The van der Waals surface area contributed by atoms with E-state index in [1.165, 1.54) is 6.20 Å². The van der Waals surface area contributed by atoms with Crippen molar-refractivity contribution < 1.29 is 4.79 Å². The number of aryl methyl sites for hydroxylation is 1. The number of aromatic nitrogens is 2. The molecule has 0 aliphatic carbocycles. The SMILES string of the molecule is Cc1cc2c(=O)c(C(=O)c3ccc4ccccc4c3)c[nH]c2c(Cl)n1. The van der Waals surface area contributed by atoms with Crippen LogP contribution in [0.25, 0.3) is 21.7 Å². The summed E-state index contributed by atoms with van der Waals surface area (Å²) in [4.78, 5) is 32.7. The van der Waals surface area contributed by atoms with E-state index in [2.05, 4.69) is 9.97 Å². The van der Waals surface area contributed by atoms with Crippen molar-refractivity contribution in [2.75, 3.05) is 0 Å². The van der Waals surface area contributed by atoms with Crippen LogP contribution in [0, 0.1) is 6.92 Å². The molecule has 0 fully saturated rings. The predicted octanol–water partition coefficient (Wildman–Crippen LogP) is 4.27. The van der Waals surface area contributed by atoms with Crippen molar-refractivity contribution in [2.45, 2.75) is 6.92 Å². The molecular formula is C20H13ClN2O2. The highest BCUT2D eigenvalue weighted by Gasteiger charge is 2.17. The molecule has 0 saturated carbocycles. The number of aromatic amines is 1. The lowest BCUT2D eigenvalue weighted by Crippen LogP contribution is -2.17. The third-order valence-electron chi connectivity index (χ3n) is 4.21. The molecule has 2 heterocycles. The van der Waals surface area contributed by atoms with Crippen molar-refractivity contribution in [2.24, 2.45) is 0 Å². The number of hydrogen-bond donors (Lipinski definition) is 1. The lowest BCUT2D eigenvalue weighted by atomic mass is 10.00. The number of fused-ring (bicyclic) bond motifs is 2. The third-order valence-corrected chi connectivity index (χ3v) is 4.48. The van der Waals surface area contributed by atoms with E-state index in [-0.39, 0.29) is 21.9 Å². The van der Waals surface area contributed by atoms with Crippen LogP contribution >= 0.6 is 11.6 Å². The molecule has 0 aliphatic heterocycles. The van der Waals surface area contributed by atoms with Gasteiger partial charge in [0.2, 0.25) is 5.43 Å². The molecule has 0 unspecified atom stereocenters. The van der Waals surface area contributed by atoms with Crippen LogP contribution in [0.15, 0.2) is 59.5 Å². The first-order valence-corrected chi connectivity index (χ1v) is 8.14. The van der Waals surface area contributed by atoms with E-state index in [9.17, 15) is 9.59 Å². The van der Waals surface area contributed by atoms with E-state index in [0.29, 0.717) is 22.2 Å². The molecule has 0 amide bonds. The summed E-state index contributed by atoms with van der Waals surface area (Å²) in [5.74, 6) is -0.320. The number of nitrogens with one attached hydrogen (secondary N) is 1. The normalized spacial score (nSPS) is 11.1. The first-order valence-electron chi connectivity index (χ1n) is 7.76. The quantitative estimate of drug-likeness (QED) is 0.434. The average molecular weight is 349 g/mol. The molecule has 4 rings (SSSR count). The Kier molecular flexibility index (Phi) is 3.62. The average Bonchev–Trinajstić information content (AvgIpc) is 2.61. The highest BCUT2D eigenvalue weighted by Crippen LogP contribution is 2.20. The van der Waals surface area contributed by atoms with Gasteiger partial charge in [0.25, 0.3) is 0 Å². The molecule has 2 aromatic heterocycles. The number of carbonyl (C=O) groups excluding carboxylic acids is 1. The molecule has 122 valence electrons. The zero-order chi connectivity index (χ0) is 17.6. The molecule has 1 N–H and O–H groups in total. The summed E-state index contributed by atoms with van der Waals surface area (Å²) in [7, 11) is 0. The van der Waals surface area contributed by atoms with Crippen molar-refractivity contribution in [3.05, 3.63) is 86.9 Å². The Hall–Kier alpha value is -2.98. The molecule has 4 aromatic rings. The summed E-state index contributed by atoms with van der Waals surface area (Å²) in [5, 5.41) is 2.58. The molecule has 0 aliphatic rings. The number of pyridine rings is 2. The van der Waals surface area contributed by atoms with E-state index >= 15 is 0 Å². The second-order valence-electron chi connectivity index (χ2n) is 5.90. The first kappa shape index (κ1) is 15.5. The van der Waals surface area contributed by atoms with Crippen molar-refractivity contribution in [1.82, 2.24) is 9.97 Å². The number of H-pyrrole nitrogens is 1. The molecule has 5 heteroatoms. The van der Waals surface area contributed by atoms with Crippen LogP contribution in [0.5, 0.6) is 0 Å². The Bertz CT molecular complexity index is 1210. The minimum Gasteiger partial charge on any atom is -0.358 e. The van der Waals surface area contributed by atoms with E-state index < -0.39 is 0 Å².